The highest BCUT2D eigenvalue weighted by Crippen LogP contribution is 2.31. The monoisotopic (exact) mass is 393 g/mol. The standard InChI is InChI=1S/C16H12BrN3O2.ClH/c17-9-1-6-14-12(7-9)15(13(8-19-14)16(21)22)20-11-4-2-10(18)3-5-11;/h1-8H,18H2,(H,19,20)(H,21,22);1H. The van der Waals surface area contributed by atoms with E-state index in [-0.39, 0.29) is 18.0 Å². The summed E-state index contributed by atoms with van der Waals surface area (Å²) >= 11 is 3.40. The third kappa shape index (κ3) is 3.55. The Labute approximate surface area is 147 Å². The summed E-state index contributed by atoms with van der Waals surface area (Å²) in [7, 11) is 0. The predicted molar refractivity (Wildman–Crippen MR) is 97.8 cm³/mol. The SMILES string of the molecule is Cl.Nc1ccc(Nc2c(C(=O)O)cnc3ccc(Br)cc23)cc1. The van der Waals surface area contributed by atoms with E-state index in [4.69, 9.17) is 5.73 Å². The highest BCUT2D eigenvalue weighted by molar-refractivity contribution is 9.10. The van der Waals surface area contributed by atoms with Crippen molar-refractivity contribution >= 4 is 62.3 Å². The van der Waals surface area contributed by atoms with Crippen LogP contribution in [0, 0.1) is 0 Å². The third-order valence-electron chi connectivity index (χ3n) is 3.24. The molecule has 3 rings (SSSR count). The summed E-state index contributed by atoms with van der Waals surface area (Å²) < 4.78 is 0.852. The van der Waals surface area contributed by atoms with Gasteiger partial charge in [0.1, 0.15) is 5.56 Å². The summed E-state index contributed by atoms with van der Waals surface area (Å²) in [5.74, 6) is -1.03. The lowest BCUT2D eigenvalue weighted by Crippen LogP contribution is -2.04. The zero-order chi connectivity index (χ0) is 15.7. The second-order valence-electron chi connectivity index (χ2n) is 4.76. The molecule has 0 saturated heterocycles. The average Bonchev–Trinajstić information content (AvgIpc) is 2.49. The van der Waals surface area contributed by atoms with Crippen LogP contribution in [0.5, 0.6) is 0 Å². The van der Waals surface area contributed by atoms with Gasteiger partial charge in [0.2, 0.25) is 0 Å². The zero-order valence-corrected chi connectivity index (χ0v) is 14.2. The van der Waals surface area contributed by atoms with Crippen molar-refractivity contribution in [3.63, 3.8) is 0 Å². The first kappa shape index (κ1) is 17.1. The van der Waals surface area contributed by atoms with Gasteiger partial charge in [-0.2, -0.15) is 0 Å². The van der Waals surface area contributed by atoms with E-state index >= 15 is 0 Å². The Kier molecular flexibility index (Phi) is 5.08. The molecule has 0 fully saturated rings. The van der Waals surface area contributed by atoms with E-state index in [1.165, 1.54) is 6.20 Å². The van der Waals surface area contributed by atoms with Crippen LogP contribution in [0.4, 0.5) is 17.1 Å². The fourth-order valence-corrected chi connectivity index (χ4v) is 2.53. The van der Waals surface area contributed by atoms with Crippen molar-refractivity contribution in [3.8, 4) is 0 Å². The molecular formula is C16H13BrClN3O2. The second kappa shape index (κ2) is 6.85. The van der Waals surface area contributed by atoms with Crippen LogP contribution in [-0.4, -0.2) is 16.1 Å². The van der Waals surface area contributed by atoms with E-state index in [0.29, 0.717) is 16.9 Å². The molecule has 0 amide bonds. The summed E-state index contributed by atoms with van der Waals surface area (Å²) in [6.45, 7) is 0. The molecule has 23 heavy (non-hydrogen) atoms. The first-order valence-electron chi connectivity index (χ1n) is 6.49. The molecule has 1 heterocycles. The number of hydrogen-bond donors (Lipinski definition) is 3. The number of nitrogens with zero attached hydrogens (tertiary/aromatic N) is 1. The van der Waals surface area contributed by atoms with Crippen LogP contribution >= 0.6 is 28.3 Å². The Morgan fingerprint density at radius 2 is 1.87 bits per heavy atom. The van der Waals surface area contributed by atoms with Crippen molar-refractivity contribution in [1.82, 2.24) is 4.98 Å². The summed E-state index contributed by atoms with van der Waals surface area (Å²) in [5.41, 5.74) is 8.40. The quantitative estimate of drug-likeness (QED) is 0.571. The number of hydrogen-bond acceptors (Lipinski definition) is 4. The molecule has 0 radical (unpaired) electrons. The summed E-state index contributed by atoms with van der Waals surface area (Å²) in [6, 6.07) is 12.6. The number of fused-ring (bicyclic) bond motifs is 1. The van der Waals surface area contributed by atoms with Gasteiger partial charge < -0.3 is 16.2 Å². The molecule has 4 N–H and O–H groups in total. The molecule has 2 aromatic carbocycles. The number of rotatable bonds is 3. The van der Waals surface area contributed by atoms with Gasteiger partial charge in [0.25, 0.3) is 0 Å². The Morgan fingerprint density at radius 3 is 2.52 bits per heavy atom. The van der Waals surface area contributed by atoms with Gasteiger partial charge >= 0.3 is 5.97 Å². The summed E-state index contributed by atoms with van der Waals surface area (Å²) in [4.78, 5) is 15.7. The lowest BCUT2D eigenvalue weighted by molar-refractivity contribution is 0.0697. The van der Waals surface area contributed by atoms with Crippen molar-refractivity contribution in [1.29, 1.82) is 0 Å². The zero-order valence-electron chi connectivity index (χ0n) is 11.8. The van der Waals surface area contributed by atoms with Gasteiger partial charge in [-0.05, 0) is 42.5 Å². The maximum atomic E-state index is 11.5. The molecule has 0 bridgehead atoms. The molecule has 5 nitrogen and oxygen atoms in total. The number of benzene rings is 2. The smallest absolute Gasteiger partial charge is 0.339 e. The summed E-state index contributed by atoms with van der Waals surface area (Å²) in [6.07, 6.45) is 1.36. The molecule has 7 heteroatoms. The molecule has 0 unspecified atom stereocenters. The molecule has 0 aliphatic carbocycles. The van der Waals surface area contributed by atoms with Crippen LogP contribution in [0.2, 0.25) is 0 Å². The first-order chi connectivity index (χ1) is 10.5. The highest BCUT2D eigenvalue weighted by Gasteiger charge is 2.15. The van der Waals surface area contributed by atoms with Gasteiger partial charge in [0.05, 0.1) is 11.2 Å². The predicted octanol–water partition coefficient (Wildman–Crippen LogP) is 4.44. The van der Waals surface area contributed by atoms with E-state index in [9.17, 15) is 9.90 Å². The van der Waals surface area contributed by atoms with Crippen molar-refractivity contribution < 1.29 is 9.90 Å². The number of nitrogens with two attached hydrogens (primary N) is 1. The summed E-state index contributed by atoms with van der Waals surface area (Å²) in [5, 5.41) is 13.3. The van der Waals surface area contributed by atoms with Gasteiger partial charge in [-0.3, -0.25) is 4.98 Å². The average molecular weight is 395 g/mol. The van der Waals surface area contributed by atoms with Gasteiger partial charge in [0.15, 0.2) is 0 Å². The molecule has 0 saturated carbocycles. The van der Waals surface area contributed by atoms with E-state index in [2.05, 4.69) is 26.2 Å². The normalized spacial score (nSPS) is 10.1. The van der Waals surface area contributed by atoms with Crippen molar-refractivity contribution in [2.45, 2.75) is 0 Å². The van der Waals surface area contributed by atoms with Crippen LogP contribution in [0.25, 0.3) is 10.9 Å². The Hall–Kier alpha value is -2.31. The van der Waals surface area contributed by atoms with E-state index in [1.54, 1.807) is 24.3 Å². The topological polar surface area (TPSA) is 88.2 Å². The maximum absolute atomic E-state index is 11.5. The van der Waals surface area contributed by atoms with Gasteiger partial charge in [-0.15, -0.1) is 12.4 Å². The molecule has 1 aromatic heterocycles. The minimum Gasteiger partial charge on any atom is -0.478 e. The molecule has 118 valence electrons. The molecule has 0 atom stereocenters. The first-order valence-corrected chi connectivity index (χ1v) is 7.28. The number of carboxylic acid groups (broad SMARTS) is 1. The number of anilines is 3. The molecule has 3 aromatic rings. The van der Waals surface area contributed by atoms with Crippen LogP contribution in [-0.2, 0) is 0 Å². The highest BCUT2D eigenvalue weighted by atomic mass is 79.9. The number of aromatic nitrogens is 1. The van der Waals surface area contributed by atoms with Crippen molar-refractivity contribution in [2.75, 3.05) is 11.1 Å². The lowest BCUT2D eigenvalue weighted by atomic mass is 10.1. The Bertz CT molecular complexity index is 869. The van der Waals surface area contributed by atoms with Crippen LogP contribution in [0.1, 0.15) is 10.4 Å². The number of carboxylic acids is 1. The fourth-order valence-electron chi connectivity index (χ4n) is 2.17. The number of carbonyl (C=O) groups is 1. The Balaban J connectivity index is 0.00000192. The minimum absolute atomic E-state index is 0. The Morgan fingerprint density at radius 1 is 1.17 bits per heavy atom. The van der Waals surface area contributed by atoms with Gasteiger partial charge in [-0.1, -0.05) is 15.9 Å². The number of nitrogens with one attached hydrogen (secondary N) is 1. The van der Waals surface area contributed by atoms with Gasteiger partial charge in [-0.25, -0.2) is 4.79 Å². The maximum Gasteiger partial charge on any atom is 0.339 e. The van der Waals surface area contributed by atoms with E-state index in [0.717, 1.165) is 15.5 Å². The van der Waals surface area contributed by atoms with Crippen LogP contribution < -0.4 is 11.1 Å². The lowest BCUT2D eigenvalue weighted by Gasteiger charge is -2.13. The van der Waals surface area contributed by atoms with Gasteiger partial charge in [0, 0.05) is 27.4 Å². The van der Waals surface area contributed by atoms with E-state index in [1.807, 2.05) is 18.2 Å². The van der Waals surface area contributed by atoms with Crippen LogP contribution in [0.15, 0.2) is 53.1 Å². The fraction of sp³-hybridized carbons (Fsp3) is 0. The van der Waals surface area contributed by atoms with Crippen molar-refractivity contribution in [2.24, 2.45) is 0 Å². The molecular weight excluding hydrogens is 382 g/mol. The van der Waals surface area contributed by atoms with E-state index < -0.39 is 5.97 Å². The largest absolute Gasteiger partial charge is 0.478 e. The minimum atomic E-state index is -1.03. The third-order valence-corrected chi connectivity index (χ3v) is 3.73. The number of pyridine rings is 1. The molecule has 0 aliphatic heterocycles. The number of nitrogen functional groups attached to an aromatic ring is 1. The molecule has 0 aliphatic rings. The number of aromatic carboxylic acids is 1. The second-order valence-corrected chi connectivity index (χ2v) is 5.68. The molecule has 0 spiro atoms. The van der Waals surface area contributed by atoms with Crippen LogP contribution in [0.3, 0.4) is 0 Å². The number of halogens is 2. The van der Waals surface area contributed by atoms with Crippen molar-refractivity contribution in [3.05, 3.63) is 58.7 Å².